The summed E-state index contributed by atoms with van der Waals surface area (Å²) in [5.41, 5.74) is 2.04. The molecule has 0 aliphatic heterocycles. The van der Waals surface area contributed by atoms with Gasteiger partial charge in [0.2, 0.25) is 11.8 Å². The lowest BCUT2D eigenvalue weighted by Crippen LogP contribution is -2.35. The molecule has 2 aromatic rings. The summed E-state index contributed by atoms with van der Waals surface area (Å²) in [7, 11) is 1.32. The van der Waals surface area contributed by atoms with Crippen LogP contribution in [0.2, 0.25) is 0 Å². The highest BCUT2D eigenvalue weighted by Crippen LogP contribution is 2.30. The first-order valence-electron chi connectivity index (χ1n) is 9.87. The van der Waals surface area contributed by atoms with Crippen molar-refractivity contribution in [1.82, 2.24) is 5.32 Å². The second-order valence-corrected chi connectivity index (χ2v) is 7.31. The van der Waals surface area contributed by atoms with Crippen LogP contribution < -0.4 is 10.6 Å². The number of esters is 1. The molecule has 1 aliphatic carbocycles. The third-order valence-corrected chi connectivity index (χ3v) is 5.33. The molecule has 1 saturated carbocycles. The molecule has 0 heterocycles. The molecule has 2 aromatic carbocycles. The number of carbonyl (C=O) groups is 3. The van der Waals surface area contributed by atoms with Gasteiger partial charge in [-0.2, -0.15) is 0 Å². The minimum Gasteiger partial charge on any atom is -0.465 e. The topological polar surface area (TPSA) is 84.5 Å². The largest absolute Gasteiger partial charge is 0.465 e. The van der Waals surface area contributed by atoms with E-state index in [-0.39, 0.29) is 23.7 Å². The Labute approximate surface area is 170 Å². The van der Waals surface area contributed by atoms with Crippen molar-refractivity contribution in [2.45, 2.75) is 32.2 Å². The van der Waals surface area contributed by atoms with Crippen molar-refractivity contribution >= 4 is 23.5 Å². The van der Waals surface area contributed by atoms with Crippen LogP contribution >= 0.6 is 0 Å². The zero-order chi connectivity index (χ0) is 20.6. The highest BCUT2D eigenvalue weighted by Gasteiger charge is 2.30. The van der Waals surface area contributed by atoms with E-state index in [1.54, 1.807) is 24.3 Å². The molecule has 1 aliphatic rings. The van der Waals surface area contributed by atoms with E-state index < -0.39 is 5.97 Å². The smallest absolute Gasteiger partial charge is 0.337 e. The fourth-order valence-corrected chi connectivity index (χ4v) is 3.63. The van der Waals surface area contributed by atoms with Gasteiger partial charge in [-0.1, -0.05) is 36.4 Å². The summed E-state index contributed by atoms with van der Waals surface area (Å²) < 4.78 is 4.71. The number of rotatable bonds is 6. The minimum absolute atomic E-state index is 0.0505. The molecule has 0 aromatic heterocycles. The monoisotopic (exact) mass is 394 g/mol. The van der Waals surface area contributed by atoms with Crippen LogP contribution in [-0.2, 0) is 20.9 Å². The van der Waals surface area contributed by atoms with Crippen molar-refractivity contribution in [3.05, 3.63) is 65.7 Å². The molecule has 0 saturated heterocycles. The summed E-state index contributed by atoms with van der Waals surface area (Å²) in [6.07, 6.45) is 2.74. The predicted octanol–water partition coefficient (Wildman–Crippen LogP) is 3.53. The Morgan fingerprint density at radius 2 is 1.55 bits per heavy atom. The van der Waals surface area contributed by atoms with E-state index in [4.69, 9.17) is 4.74 Å². The van der Waals surface area contributed by atoms with Crippen molar-refractivity contribution < 1.29 is 19.1 Å². The lowest BCUT2D eigenvalue weighted by molar-refractivity contribution is -0.128. The predicted molar refractivity (Wildman–Crippen MR) is 110 cm³/mol. The molecule has 6 nitrogen and oxygen atoms in total. The summed E-state index contributed by atoms with van der Waals surface area (Å²) in [6, 6.07) is 16.5. The van der Waals surface area contributed by atoms with Crippen molar-refractivity contribution in [3.8, 4) is 0 Å². The van der Waals surface area contributed by atoms with E-state index in [2.05, 4.69) is 10.6 Å². The van der Waals surface area contributed by atoms with Gasteiger partial charge in [0, 0.05) is 24.1 Å². The molecule has 0 spiro atoms. The Hall–Kier alpha value is -3.15. The second kappa shape index (κ2) is 9.87. The molecular weight excluding hydrogens is 368 g/mol. The lowest BCUT2D eigenvalue weighted by Gasteiger charge is -2.27. The molecule has 3 rings (SSSR count). The number of ether oxygens (including phenoxy) is 1. The van der Waals surface area contributed by atoms with Crippen LogP contribution in [0, 0.1) is 11.8 Å². The van der Waals surface area contributed by atoms with Gasteiger partial charge in [0.05, 0.1) is 12.7 Å². The molecule has 2 amide bonds. The van der Waals surface area contributed by atoms with Crippen LogP contribution in [-0.4, -0.2) is 24.9 Å². The third-order valence-electron chi connectivity index (χ3n) is 5.33. The third kappa shape index (κ3) is 5.67. The standard InChI is InChI=1S/C23H26N2O4/c1-29-23(28)19-8-5-9-20(14-19)25-22(27)18-12-10-17(11-13-18)21(26)24-15-16-6-3-2-4-7-16/h2-9,14,17-18H,10-13,15H2,1H3,(H,24,26)(H,25,27). The van der Waals surface area contributed by atoms with E-state index in [0.717, 1.165) is 5.56 Å². The molecule has 0 radical (unpaired) electrons. The molecule has 152 valence electrons. The Balaban J connectivity index is 1.47. The van der Waals surface area contributed by atoms with Crippen LogP contribution in [0.4, 0.5) is 5.69 Å². The van der Waals surface area contributed by atoms with Crippen LogP contribution in [0.15, 0.2) is 54.6 Å². The summed E-state index contributed by atoms with van der Waals surface area (Å²) in [6.45, 7) is 0.524. The fourth-order valence-electron chi connectivity index (χ4n) is 3.63. The van der Waals surface area contributed by atoms with E-state index in [1.807, 2.05) is 30.3 Å². The summed E-state index contributed by atoms with van der Waals surface area (Å²) in [5.74, 6) is -0.642. The van der Waals surface area contributed by atoms with Crippen LogP contribution in [0.3, 0.4) is 0 Å². The first-order chi connectivity index (χ1) is 14.1. The second-order valence-electron chi connectivity index (χ2n) is 7.31. The maximum absolute atomic E-state index is 12.6. The van der Waals surface area contributed by atoms with Crippen molar-refractivity contribution in [2.75, 3.05) is 12.4 Å². The molecule has 0 atom stereocenters. The van der Waals surface area contributed by atoms with E-state index in [0.29, 0.717) is 43.5 Å². The summed E-state index contributed by atoms with van der Waals surface area (Å²) >= 11 is 0. The number of hydrogen-bond acceptors (Lipinski definition) is 4. The highest BCUT2D eigenvalue weighted by molar-refractivity contribution is 5.95. The van der Waals surface area contributed by atoms with Crippen LogP contribution in [0.1, 0.15) is 41.6 Å². The Morgan fingerprint density at radius 1 is 0.897 bits per heavy atom. The number of hydrogen-bond donors (Lipinski definition) is 2. The van der Waals surface area contributed by atoms with E-state index >= 15 is 0 Å². The van der Waals surface area contributed by atoms with Gasteiger partial charge in [0.1, 0.15) is 0 Å². The molecule has 6 heteroatoms. The van der Waals surface area contributed by atoms with Gasteiger partial charge in [-0.25, -0.2) is 4.79 Å². The van der Waals surface area contributed by atoms with Gasteiger partial charge in [0.15, 0.2) is 0 Å². The summed E-state index contributed by atoms with van der Waals surface area (Å²) in [5, 5.41) is 5.87. The zero-order valence-electron chi connectivity index (χ0n) is 16.5. The number of amides is 2. The highest BCUT2D eigenvalue weighted by atomic mass is 16.5. The summed E-state index contributed by atoms with van der Waals surface area (Å²) in [4.78, 5) is 36.6. The number of methoxy groups -OCH3 is 1. The number of nitrogens with one attached hydrogen (secondary N) is 2. The van der Waals surface area contributed by atoms with Crippen molar-refractivity contribution in [1.29, 1.82) is 0 Å². The Kier molecular flexibility index (Phi) is 7.00. The Morgan fingerprint density at radius 3 is 2.21 bits per heavy atom. The molecular formula is C23H26N2O4. The fraction of sp³-hybridized carbons (Fsp3) is 0.348. The quantitative estimate of drug-likeness (QED) is 0.734. The minimum atomic E-state index is -0.442. The van der Waals surface area contributed by atoms with Gasteiger partial charge in [-0.05, 0) is 49.4 Å². The van der Waals surface area contributed by atoms with Gasteiger partial charge >= 0.3 is 5.97 Å². The molecule has 29 heavy (non-hydrogen) atoms. The van der Waals surface area contributed by atoms with E-state index in [9.17, 15) is 14.4 Å². The average Bonchev–Trinajstić information content (AvgIpc) is 2.78. The average molecular weight is 394 g/mol. The first-order valence-corrected chi connectivity index (χ1v) is 9.87. The molecule has 0 unspecified atom stereocenters. The van der Waals surface area contributed by atoms with Crippen LogP contribution in [0.5, 0.6) is 0 Å². The van der Waals surface area contributed by atoms with Gasteiger partial charge in [0.25, 0.3) is 0 Å². The van der Waals surface area contributed by atoms with Crippen LogP contribution in [0.25, 0.3) is 0 Å². The molecule has 1 fully saturated rings. The molecule has 0 bridgehead atoms. The van der Waals surface area contributed by atoms with Gasteiger partial charge in [-0.15, -0.1) is 0 Å². The molecule has 2 N–H and O–H groups in total. The maximum atomic E-state index is 12.6. The first kappa shape index (κ1) is 20.6. The Bertz CT molecular complexity index is 858. The van der Waals surface area contributed by atoms with Crippen molar-refractivity contribution in [3.63, 3.8) is 0 Å². The van der Waals surface area contributed by atoms with Gasteiger partial charge < -0.3 is 15.4 Å². The van der Waals surface area contributed by atoms with E-state index in [1.165, 1.54) is 7.11 Å². The SMILES string of the molecule is COC(=O)c1cccc(NC(=O)C2CCC(C(=O)NCc3ccccc3)CC2)c1. The lowest BCUT2D eigenvalue weighted by atomic mass is 9.81. The number of benzene rings is 2. The zero-order valence-corrected chi connectivity index (χ0v) is 16.5. The maximum Gasteiger partial charge on any atom is 0.337 e. The van der Waals surface area contributed by atoms with Crippen molar-refractivity contribution in [2.24, 2.45) is 11.8 Å². The number of carbonyl (C=O) groups excluding carboxylic acids is 3. The normalized spacial score (nSPS) is 18.5. The number of anilines is 1. The van der Waals surface area contributed by atoms with Gasteiger partial charge in [-0.3, -0.25) is 9.59 Å².